The van der Waals surface area contributed by atoms with Crippen LogP contribution in [0.25, 0.3) is 10.8 Å². The average molecular weight is 441 g/mol. The molecular formula is C27H23NO5. The van der Waals surface area contributed by atoms with Crippen molar-refractivity contribution in [3.8, 4) is 17.2 Å². The molecule has 6 nitrogen and oxygen atoms in total. The Hall–Kier alpha value is -4.32. The fourth-order valence-corrected chi connectivity index (χ4v) is 3.22. The minimum Gasteiger partial charge on any atom is -0.481 e. The highest BCUT2D eigenvalue weighted by Gasteiger charge is 2.18. The topological polar surface area (TPSA) is 73.9 Å². The minimum absolute atomic E-state index is 0.294. The second-order valence-corrected chi connectivity index (χ2v) is 7.33. The summed E-state index contributed by atoms with van der Waals surface area (Å²) < 4.78 is 16.6. The Balaban J connectivity index is 1.27. The van der Waals surface area contributed by atoms with Crippen molar-refractivity contribution in [1.82, 2.24) is 0 Å². The van der Waals surface area contributed by atoms with Crippen molar-refractivity contribution in [2.75, 3.05) is 11.9 Å². The van der Waals surface area contributed by atoms with Crippen LogP contribution < -0.4 is 14.8 Å². The van der Waals surface area contributed by atoms with Crippen LogP contribution in [0.1, 0.15) is 6.92 Å². The summed E-state index contributed by atoms with van der Waals surface area (Å²) in [5.74, 6) is 0.882. The van der Waals surface area contributed by atoms with Crippen molar-refractivity contribution in [3.63, 3.8) is 0 Å². The highest BCUT2D eigenvalue weighted by atomic mass is 16.6. The number of para-hydroxylation sites is 1. The van der Waals surface area contributed by atoms with Gasteiger partial charge in [-0.2, -0.15) is 0 Å². The van der Waals surface area contributed by atoms with Crippen molar-refractivity contribution in [3.05, 3.63) is 97.1 Å². The average Bonchev–Trinajstić information content (AvgIpc) is 2.84. The maximum atomic E-state index is 12.4. The molecule has 166 valence electrons. The summed E-state index contributed by atoms with van der Waals surface area (Å²) in [5.41, 5.74) is 0.565. The van der Waals surface area contributed by atoms with Crippen LogP contribution in [0.2, 0.25) is 0 Å². The molecule has 0 radical (unpaired) electrons. The van der Waals surface area contributed by atoms with E-state index in [2.05, 4.69) is 5.32 Å². The van der Waals surface area contributed by atoms with Crippen molar-refractivity contribution in [1.29, 1.82) is 0 Å². The predicted molar refractivity (Wildman–Crippen MR) is 127 cm³/mol. The van der Waals surface area contributed by atoms with Gasteiger partial charge in [0.1, 0.15) is 17.2 Å². The predicted octanol–water partition coefficient (Wildman–Crippen LogP) is 5.58. The molecule has 4 rings (SSSR count). The monoisotopic (exact) mass is 441 g/mol. The van der Waals surface area contributed by atoms with Crippen molar-refractivity contribution in [2.45, 2.75) is 13.0 Å². The highest BCUT2D eigenvalue weighted by molar-refractivity contribution is 5.95. The van der Waals surface area contributed by atoms with Gasteiger partial charge in [-0.25, -0.2) is 4.79 Å². The van der Waals surface area contributed by atoms with E-state index in [1.165, 1.54) is 6.92 Å². The Morgan fingerprint density at radius 3 is 2.24 bits per heavy atom. The van der Waals surface area contributed by atoms with E-state index >= 15 is 0 Å². The lowest BCUT2D eigenvalue weighted by Crippen LogP contribution is -2.31. The Kier molecular flexibility index (Phi) is 6.85. The first kappa shape index (κ1) is 21.9. The fraction of sp³-hybridized carbons (Fsp3) is 0.111. The lowest BCUT2D eigenvalue weighted by molar-refractivity contribution is -0.155. The second kappa shape index (κ2) is 10.3. The number of ether oxygens (including phenoxy) is 3. The van der Waals surface area contributed by atoms with Crippen LogP contribution in [0.3, 0.4) is 0 Å². The Morgan fingerprint density at radius 1 is 0.788 bits per heavy atom. The first-order valence-corrected chi connectivity index (χ1v) is 10.5. The molecule has 4 aromatic rings. The van der Waals surface area contributed by atoms with Gasteiger partial charge < -0.3 is 19.5 Å². The van der Waals surface area contributed by atoms with Gasteiger partial charge in [-0.3, -0.25) is 4.79 Å². The molecule has 33 heavy (non-hydrogen) atoms. The standard InChI is InChI=1S/C27H23NO5/c1-19(32-26(29)18-31-25-13-7-9-20-8-5-6-12-24(20)25)27(30)28-21-14-16-23(17-15-21)33-22-10-3-2-4-11-22/h2-17,19H,18H2,1H3,(H,28,30). The smallest absolute Gasteiger partial charge is 0.344 e. The van der Waals surface area contributed by atoms with Gasteiger partial charge in [-0.15, -0.1) is 0 Å². The summed E-state index contributed by atoms with van der Waals surface area (Å²) in [6, 6.07) is 29.7. The maximum absolute atomic E-state index is 12.4. The number of amides is 1. The summed E-state index contributed by atoms with van der Waals surface area (Å²) in [6.07, 6.45) is -0.978. The van der Waals surface area contributed by atoms with Gasteiger partial charge in [-0.05, 0) is 54.8 Å². The van der Waals surface area contributed by atoms with E-state index in [0.717, 1.165) is 16.5 Å². The van der Waals surface area contributed by atoms with Gasteiger partial charge in [0.25, 0.3) is 5.91 Å². The summed E-state index contributed by atoms with van der Waals surface area (Å²) in [7, 11) is 0. The molecule has 1 unspecified atom stereocenters. The zero-order chi connectivity index (χ0) is 23.0. The molecule has 0 aliphatic rings. The van der Waals surface area contributed by atoms with Crippen LogP contribution in [0.15, 0.2) is 97.1 Å². The molecule has 0 spiro atoms. The summed E-state index contributed by atoms with van der Waals surface area (Å²) >= 11 is 0. The molecule has 1 amide bonds. The van der Waals surface area contributed by atoms with Crippen molar-refractivity contribution >= 4 is 28.3 Å². The Labute approximate surface area is 191 Å². The lowest BCUT2D eigenvalue weighted by atomic mass is 10.1. The molecule has 0 aromatic heterocycles. The molecule has 4 aromatic carbocycles. The maximum Gasteiger partial charge on any atom is 0.344 e. The van der Waals surface area contributed by atoms with E-state index in [0.29, 0.717) is 17.2 Å². The van der Waals surface area contributed by atoms with Crippen LogP contribution in [0.4, 0.5) is 5.69 Å². The van der Waals surface area contributed by atoms with Gasteiger partial charge >= 0.3 is 5.97 Å². The van der Waals surface area contributed by atoms with E-state index in [-0.39, 0.29) is 6.61 Å². The molecule has 0 heterocycles. The summed E-state index contributed by atoms with van der Waals surface area (Å²) in [4.78, 5) is 24.6. The third-order valence-electron chi connectivity index (χ3n) is 4.87. The molecule has 6 heteroatoms. The Bertz CT molecular complexity index is 1230. The molecule has 0 saturated heterocycles. The number of rotatable bonds is 8. The molecule has 0 bridgehead atoms. The number of carbonyl (C=O) groups excluding carboxylic acids is 2. The second-order valence-electron chi connectivity index (χ2n) is 7.33. The third-order valence-corrected chi connectivity index (χ3v) is 4.87. The number of esters is 1. The molecule has 0 aliphatic carbocycles. The number of hydrogen-bond donors (Lipinski definition) is 1. The number of hydrogen-bond acceptors (Lipinski definition) is 5. The van der Waals surface area contributed by atoms with Gasteiger partial charge in [0.2, 0.25) is 0 Å². The minimum atomic E-state index is -0.978. The van der Waals surface area contributed by atoms with E-state index in [1.807, 2.05) is 66.7 Å². The normalized spacial score (nSPS) is 11.4. The van der Waals surface area contributed by atoms with Crippen molar-refractivity contribution in [2.24, 2.45) is 0 Å². The largest absolute Gasteiger partial charge is 0.481 e. The zero-order valence-corrected chi connectivity index (χ0v) is 18.1. The number of nitrogens with one attached hydrogen (secondary N) is 1. The first-order valence-electron chi connectivity index (χ1n) is 10.5. The van der Waals surface area contributed by atoms with Crippen LogP contribution in [-0.2, 0) is 14.3 Å². The first-order chi connectivity index (χ1) is 16.1. The molecule has 1 atom stereocenters. The zero-order valence-electron chi connectivity index (χ0n) is 18.1. The summed E-state index contributed by atoms with van der Waals surface area (Å²) in [5, 5.41) is 4.64. The van der Waals surface area contributed by atoms with Crippen molar-refractivity contribution < 1.29 is 23.8 Å². The number of benzene rings is 4. The van der Waals surface area contributed by atoms with Crippen LogP contribution in [0, 0.1) is 0 Å². The molecular weight excluding hydrogens is 418 g/mol. The van der Waals surface area contributed by atoms with Gasteiger partial charge in [0.05, 0.1) is 0 Å². The van der Waals surface area contributed by atoms with Gasteiger partial charge in [0, 0.05) is 11.1 Å². The molecule has 1 N–H and O–H groups in total. The highest BCUT2D eigenvalue weighted by Crippen LogP contribution is 2.25. The van der Waals surface area contributed by atoms with E-state index < -0.39 is 18.0 Å². The molecule has 0 aliphatic heterocycles. The molecule has 0 saturated carbocycles. The van der Waals surface area contributed by atoms with Crippen LogP contribution in [-0.4, -0.2) is 24.6 Å². The quantitative estimate of drug-likeness (QED) is 0.361. The third kappa shape index (κ3) is 5.89. The Morgan fingerprint density at radius 2 is 1.45 bits per heavy atom. The van der Waals surface area contributed by atoms with E-state index in [9.17, 15) is 9.59 Å². The van der Waals surface area contributed by atoms with E-state index in [1.54, 1.807) is 30.3 Å². The number of fused-ring (bicyclic) bond motifs is 1. The fourth-order valence-electron chi connectivity index (χ4n) is 3.22. The van der Waals surface area contributed by atoms with Gasteiger partial charge in [-0.1, -0.05) is 54.6 Å². The van der Waals surface area contributed by atoms with Crippen LogP contribution in [0.5, 0.6) is 17.2 Å². The molecule has 0 fully saturated rings. The van der Waals surface area contributed by atoms with E-state index in [4.69, 9.17) is 14.2 Å². The SMILES string of the molecule is CC(OC(=O)COc1cccc2ccccc12)C(=O)Nc1ccc(Oc2ccccc2)cc1. The number of anilines is 1. The van der Waals surface area contributed by atoms with Crippen LogP contribution >= 0.6 is 0 Å². The lowest BCUT2D eigenvalue weighted by Gasteiger charge is -2.15. The van der Waals surface area contributed by atoms with Gasteiger partial charge in [0.15, 0.2) is 12.7 Å². The summed E-state index contributed by atoms with van der Waals surface area (Å²) in [6.45, 7) is 1.22. The number of carbonyl (C=O) groups is 2.